The van der Waals surface area contributed by atoms with Crippen molar-refractivity contribution in [2.45, 2.75) is 13.3 Å². The molecule has 0 saturated carbocycles. The molecule has 0 saturated heterocycles. The molecule has 0 aliphatic heterocycles. The normalized spacial score (nSPS) is 10.2. The molecule has 120 valence electrons. The molecule has 2 N–H and O–H groups in total. The topological polar surface area (TPSA) is 75.6 Å². The van der Waals surface area contributed by atoms with Crippen LogP contribution in [-0.4, -0.2) is 23.6 Å². The highest BCUT2D eigenvalue weighted by atomic mass is 35.5. The quantitative estimate of drug-likeness (QED) is 0.822. The Balaban J connectivity index is 1.92. The highest BCUT2D eigenvalue weighted by Crippen LogP contribution is 2.22. The molecule has 0 fully saturated rings. The van der Waals surface area contributed by atoms with E-state index in [9.17, 15) is 14.7 Å². The summed E-state index contributed by atoms with van der Waals surface area (Å²) in [4.78, 5) is 23.6. The van der Waals surface area contributed by atoms with Crippen LogP contribution in [0.1, 0.15) is 22.8 Å². The summed E-state index contributed by atoms with van der Waals surface area (Å²) in [6.45, 7) is 1.57. The molecule has 23 heavy (non-hydrogen) atoms. The van der Waals surface area contributed by atoms with Crippen LogP contribution in [0.4, 0.5) is 5.69 Å². The Kier molecular flexibility index (Phi) is 5.60. The van der Waals surface area contributed by atoms with Crippen LogP contribution in [0.3, 0.4) is 0 Å². The smallest absolute Gasteiger partial charge is 0.342 e. The zero-order valence-corrected chi connectivity index (χ0v) is 13.3. The van der Waals surface area contributed by atoms with Crippen molar-refractivity contribution in [3.05, 3.63) is 58.6 Å². The maximum absolute atomic E-state index is 11.8. The van der Waals surface area contributed by atoms with Gasteiger partial charge in [-0.1, -0.05) is 30.7 Å². The van der Waals surface area contributed by atoms with Crippen LogP contribution in [0, 0.1) is 0 Å². The van der Waals surface area contributed by atoms with Crippen LogP contribution in [-0.2, 0) is 16.0 Å². The highest BCUT2D eigenvalue weighted by molar-refractivity contribution is 6.30. The van der Waals surface area contributed by atoms with E-state index in [0.717, 1.165) is 12.0 Å². The Morgan fingerprint density at radius 2 is 2.00 bits per heavy atom. The molecule has 1 amide bonds. The third-order valence-electron chi connectivity index (χ3n) is 3.13. The van der Waals surface area contributed by atoms with Crippen molar-refractivity contribution < 1.29 is 19.4 Å². The SMILES string of the molecule is CCc1cccc(NC(=O)COC(=O)c2ccc(Cl)cc2O)c1. The fraction of sp³-hybridized carbons (Fsp3) is 0.176. The monoisotopic (exact) mass is 333 g/mol. The number of aryl methyl sites for hydroxylation is 1. The van der Waals surface area contributed by atoms with Gasteiger partial charge in [0.1, 0.15) is 11.3 Å². The maximum Gasteiger partial charge on any atom is 0.342 e. The number of carbonyl (C=O) groups is 2. The van der Waals surface area contributed by atoms with Gasteiger partial charge in [0.2, 0.25) is 0 Å². The van der Waals surface area contributed by atoms with E-state index < -0.39 is 18.5 Å². The van der Waals surface area contributed by atoms with E-state index in [-0.39, 0.29) is 11.3 Å². The number of esters is 1. The summed E-state index contributed by atoms with van der Waals surface area (Å²) in [6, 6.07) is 11.4. The number of phenols is 1. The number of aromatic hydroxyl groups is 1. The Labute approximate surface area is 138 Å². The minimum atomic E-state index is -0.795. The fourth-order valence-corrected chi connectivity index (χ4v) is 2.12. The molecule has 0 aliphatic rings. The van der Waals surface area contributed by atoms with Crippen molar-refractivity contribution in [2.24, 2.45) is 0 Å². The number of amides is 1. The predicted molar refractivity (Wildman–Crippen MR) is 87.8 cm³/mol. The highest BCUT2D eigenvalue weighted by Gasteiger charge is 2.14. The predicted octanol–water partition coefficient (Wildman–Crippen LogP) is 3.40. The van der Waals surface area contributed by atoms with Gasteiger partial charge in [-0.15, -0.1) is 0 Å². The van der Waals surface area contributed by atoms with E-state index in [0.29, 0.717) is 10.7 Å². The molecular formula is C17H16ClNO4. The van der Waals surface area contributed by atoms with Gasteiger partial charge in [0.15, 0.2) is 6.61 Å². The van der Waals surface area contributed by atoms with E-state index in [1.54, 1.807) is 6.07 Å². The van der Waals surface area contributed by atoms with E-state index in [4.69, 9.17) is 16.3 Å². The van der Waals surface area contributed by atoms with Gasteiger partial charge >= 0.3 is 5.97 Å². The number of carbonyl (C=O) groups excluding carboxylic acids is 2. The fourth-order valence-electron chi connectivity index (χ4n) is 1.95. The summed E-state index contributed by atoms with van der Waals surface area (Å²) in [6.07, 6.45) is 0.856. The van der Waals surface area contributed by atoms with Crippen LogP contribution < -0.4 is 5.32 Å². The van der Waals surface area contributed by atoms with E-state index in [1.807, 2.05) is 25.1 Å². The van der Waals surface area contributed by atoms with E-state index >= 15 is 0 Å². The first kappa shape index (κ1) is 16.8. The summed E-state index contributed by atoms with van der Waals surface area (Å²) in [5, 5.41) is 12.6. The standard InChI is InChI=1S/C17H16ClNO4/c1-2-11-4-3-5-13(8-11)19-16(21)10-23-17(22)14-7-6-12(18)9-15(14)20/h3-9,20H,2,10H2,1H3,(H,19,21). The molecule has 0 spiro atoms. The Bertz CT molecular complexity index is 730. The molecule has 2 aromatic carbocycles. The number of ether oxygens (including phenoxy) is 1. The minimum absolute atomic E-state index is 0.0461. The number of rotatable bonds is 5. The van der Waals surface area contributed by atoms with Crippen LogP contribution >= 0.6 is 11.6 Å². The maximum atomic E-state index is 11.8. The van der Waals surface area contributed by atoms with Gasteiger partial charge in [0, 0.05) is 10.7 Å². The first-order valence-electron chi connectivity index (χ1n) is 7.04. The molecule has 0 radical (unpaired) electrons. The molecular weight excluding hydrogens is 318 g/mol. The number of phenolic OH excluding ortho intramolecular Hbond substituents is 1. The van der Waals surface area contributed by atoms with Gasteiger partial charge in [-0.3, -0.25) is 4.79 Å². The summed E-state index contributed by atoms with van der Waals surface area (Å²) in [5.74, 6) is -1.55. The van der Waals surface area contributed by atoms with Crippen molar-refractivity contribution in [1.29, 1.82) is 0 Å². The molecule has 0 bridgehead atoms. The van der Waals surface area contributed by atoms with Crippen molar-refractivity contribution >= 4 is 29.2 Å². The molecule has 6 heteroatoms. The molecule has 0 unspecified atom stereocenters. The van der Waals surface area contributed by atoms with Crippen LogP contribution in [0.2, 0.25) is 5.02 Å². The zero-order valence-electron chi connectivity index (χ0n) is 12.5. The lowest BCUT2D eigenvalue weighted by molar-refractivity contribution is -0.119. The number of benzene rings is 2. The van der Waals surface area contributed by atoms with Gasteiger partial charge in [-0.05, 0) is 42.3 Å². The van der Waals surface area contributed by atoms with Gasteiger partial charge in [0.05, 0.1) is 0 Å². The van der Waals surface area contributed by atoms with Crippen molar-refractivity contribution in [1.82, 2.24) is 0 Å². The molecule has 0 aliphatic carbocycles. The van der Waals surface area contributed by atoms with Gasteiger partial charge in [0.25, 0.3) is 5.91 Å². The third-order valence-corrected chi connectivity index (χ3v) is 3.37. The van der Waals surface area contributed by atoms with Gasteiger partial charge in [-0.2, -0.15) is 0 Å². The lowest BCUT2D eigenvalue weighted by Crippen LogP contribution is -2.21. The Hall–Kier alpha value is -2.53. The zero-order chi connectivity index (χ0) is 16.8. The van der Waals surface area contributed by atoms with Gasteiger partial charge < -0.3 is 15.2 Å². The molecule has 0 atom stereocenters. The second-order valence-corrected chi connectivity index (χ2v) is 5.28. The van der Waals surface area contributed by atoms with Crippen molar-refractivity contribution in [3.8, 4) is 5.75 Å². The number of anilines is 1. The average molecular weight is 334 g/mol. The third kappa shape index (κ3) is 4.72. The number of hydrogen-bond acceptors (Lipinski definition) is 4. The largest absolute Gasteiger partial charge is 0.507 e. The van der Waals surface area contributed by atoms with Crippen LogP contribution in [0.5, 0.6) is 5.75 Å². The number of halogens is 1. The van der Waals surface area contributed by atoms with Crippen molar-refractivity contribution in [2.75, 3.05) is 11.9 Å². The molecule has 2 aromatic rings. The molecule has 5 nitrogen and oxygen atoms in total. The Morgan fingerprint density at radius 3 is 2.70 bits per heavy atom. The van der Waals surface area contributed by atoms with Crippen LogP contribution in [0.15, 0.2) is 42.5 Å². The van der Waals surface area contributed by atoms with E-state index in [1.165, 1.54) is 18.2 Å². The summed E-state index contributed by atoms with van der Waals surface area (Å²) < 4.78 is 4.89. The molecule has 0 heterocycles. The number of nitrogens with one attached hydrogen (secondary N) is 1. The molecule has 0 aromatic heterocycles. The van der Waals surface area contributed by atoms with Gasteiger partial charge in [-0.25, -0.2) is 4.79 Å². The van der Waals surface area contributed by atoms with Crippen LogP contribution in [0.25, 0.3) is 0 Å². The van der Waals surface area contributed by atoms with E-state index in [2.05, 4.69) is 5.32 Å². The summed E-state index contributed by atoms with van der Waals surface area (Å²) in [5.41, 5.74) is 1.68. The first-order chi connectivity index (χ1) is 11.0. The molecule has 2 rings (SSSR count). The second-order valence-electron chi connectivity index (χ2n) is 4.84. The first-order valence-corrected chi connectivity index (χ1v) is 7.42. The summed E-state index contributed by atoms with van der Waals surface area (Å²) in [7, 11) is 0. The average Bonchev–Trinajstić information content (AvgIpc) is 2.53. The second kappa shape index (κ2) is 7.65. The minimum Gasteiger partial charge on any atom is -0.507 e. The lowest BCUT2D eigenvalue weighted by atomic mass is 10.1. The summed E-state index contributed by atoms with van der Waals surface area (Å²) >= 11 is 5.69. The lowest BCUT2D eigenvalue weighted by Gasteiger charge is -2.08. The van der Waals surface area contributed by atoms with Crippen molar-refractivity contribution in [3.63, 3.8) is 0 Å². The Morgan fingerprint density at radius 1 is 1.22 bits per heavy atom. The number of hydrogen-bond donors (Lipinski definition) is 2.